The van der Waals surface area contributed by atoms with Crippen LogP contribution in [0.15, 0.2) is 41.8 Å². The molecule has 24 heavy (non-hydrogen) atoms. The summed E-state index contributed by atoms with van der Waals surface area (Å²) < 4.78 is 5.46. The topological polar surface area (TPSA) is 41.6 Å². The van der Waals surface area contributed by atoms with E-state index in [1.165, 1.54) is 4.88 Å². The molecule has 0 bridgehead atoms. The van der Waals surface area contributed by atoms with Crippen LogP contribution in [-0.2, 0) is 17.9 Å². The lowest BCUT2D eigenvalue weighted by Crippen LogP contribution is -2.50. The monoisotopic (exact) mass is 344 g/mol. The van der Waals surface area contributed by atoms with Gasteiger partial charge in [-0.3, -0.25) is 4.79 Å². The van der Waals surface area contributed by atoms with E-state index in [4.69, 9.17) is 4.74 Å². The van der Waals surface area contributed by atoms with Gasteiger partial charge in [0.25, 0.3) is 0 Å². The van der Waals surface area contributed by atoms with Crippen molar-refractivity contribution in [1.82, 2.24) is 10.2 Å². The van der Waals surface area contributed by atoms with E-state index in [0.717, 1.165) is 24.4 Å². The predicted octanol–water partition coefficient (Wildman–Crippen LogP) is 3.14. The summed E-state index contributed by atoms with van der Waals surface area (Å²) in [7, 11) is 1.67. The van der Waals surface area contributed by atoms with Gasteiger partial charge in [0.1, 0.15) is 5.75 Å². The van der Waals surface area contributed by atoms with Gasteiger partial charge in [0.15, 0.2) is 0 Å². The second-order valence-electron chi connectivity index (χ2n) is 6.29. The first-order valence-corrected chi connectivity index (χ1v) is 9.20. The Balaban J connectivity index is 1.79. The minimum atomic E-state index is 0.0425. The van der Waals surface area contributed by atoms with Crippen LogP contribution >= 0.6 is 11.3 Å². The molecule has 1 unspecified atom stereocenters. The normalized spacial score (nSPS) is 15.6. The molecule has 0 aliphatic carbocycles. The summed E-state index contributed by atoms with van der Waals surface area (Å²) in [4.78, 5) is 16.2. The number of carbonyl (C=O) groups excluding carboxylic acids is 1. The molecule has 0 spiro atoms. The Hall–Kier alpha value is -1.85. The lowest BCUT2D eigenvalue weighted by Gasteiger charge is -2.35. The predicted molar refractivity (Wildman–Crippen MR) is 97.1 cm³/mol. The fourth-order valence-electron chi connectivity index (χ4n) is 3.00. The SMILES string of the molecule is COc1ccccc1CN(Cc1cccs1)C(=O)C(C)C1CNC1. The highest BCUT2D eigenvalue weighted by atomic mass is 32.1. The Morgan fingerprint density at radius 1 is 1.29 bits per heavy atom. The van der Waals surface area contributed by atoms with Gasteiger partial charge in [0.05, 0.1) is 13.7 Å². The minimum Gasteiger partial charge on any atom is -0.496 e. The van der Waals surface area contributed by atoms with Gasteiger partial charge in [0.2, 0.25) is 5.91 Å². The largest absolute Gasteiger partial charge is 0.496 e. The molecule has 1 fully saturated rings. The lowest BCUT2D eigenvalue weighted by atomic mass is 9.88. The Morgan fingerprint density at radius 3 is 2.71 bits per heavy atom. The second-order valence-corrected chi connectivity index (χ2v) is 7.32. The third-order valence-electron chi connectivity index (χ3n) is 4.70. The highest BCUT2D eigenvalue weighted by molar-refractivity contribution is 7.09. The maximum Gasteiger partial charge on any atom is 0.226 e. The quantitative estimate of drug-likeness (QED) is 0.839. The number of benzene rings is 1. The van der Waals surface area contributed by atoms with Crippen LogP contribution in [-0.4, -0.2) is 31.0 Å². The molecule has 1 saturated heterocycles. The standard InChI is InChI=1S/C19H24N2O2S/c1-14(16-10-20-11-16)19(22)21(13-17-7-5-9-24-17)12-15-6-3-4-8-18(15)23-2/h3-9,14,16,20H,10-13H2,1-2H3. The molecule has 2 aromatic rings. The fraction of sp³-hybridized carbons (Fsp3) is 0.421. The van der Waals surface area contributed by atoms with E-state index in [1.807, 2.05) is 35.2 Å². The molecule has 2 heterocycles. The van der Waals surface area contributed by atoms with E-state index >= 15 is 0 Å². The summed E-state index contributed by atoms with van der Waals surface area (Å²) in [6.07, 6.45) is 0. The van der Waals surface area contributed by atoms with Crippen LogP contribution < -0.4 is 10.1 Å². The van der Waals surface area contributed by atoms with Crippen molar-refractivity contribution in [3.63, 3.8) is 0 Å². The van der Waals surface area contributed by atoms with Crippen LogP contribution in [0.5, 0.6) is 5.75 Å². The molecule has 1 atom stereocenters. The van der Waals surface area contributed by atoms with E-state index in [9.17, 15) is 4.79 Å². The number of hydrogen-bond donors (Lipinski definition) is 1. The van der Waals surface area contributed by atoms with Gasteiger partial charge in [-0.15, -0.1) is 11.3 Å². The van der Waals surface area contributed by atoms with Crippen LogP contribution in [0.25, 0.3) is 0 Å². The fourth-order valence-corrected chi connectivity index (χ4v) is 3.72. The Morgan fingerprint density at radius 2 is 2.08 bits per heavy atom. The van der Waals surface area contributed by atoms with Crippen LogP contribution in [0.3, 0.4) is 0 Å². The molecular formula is C19H24N2O2S. The average molecular weight is 344 g/mol. The molecule has 0 saturated carbocycles. The molecule has 0 radical (unpaired) electrons. The van der Waals surface area contributed by atoms with Crippen molar-refractivity contribution >= 4 is 17.2 Å². The number of ether oxygens (including phenoxy) is 1. The number of carbonyl (C=O) groups is 1. The summed E-state index contributed by atoms with van der Waals surface area (Å²) in [6.45, 7) is 5.16. The lowest BCUT2D eigenvalue weighted by molar-refractivity contribution is -0.138. The van der Waals surface area contributed by atoms with Gasteiger partial charge in [0, 0.05) is 22.9 Å². The Bertz CT molecular complexity index is 668. The first kappa shape index (κ1) is 17.0. The minimum absolute atomic E-state index is 0.0425. The smallest absolute Gasteiger partial charge is 0.226 e. The third-order valence-corrected chi connectivity index (χ3v) is 5.56. The first-order chi connectivity index (χ1) is 11.7. The molecule has 5 heteroatoms. The van der Waals surface area contributed by atoms with Crippen LogP contribution in [0.2, 0.25) is 0 Å². The van der Waals surface area contributed by atoms with Crippen molar-refractivity contribution in [1.29, 1.82) is 0 Å². The number of nitrogens with one attached hydrogen (secondary N) is 1. The average Bonchev–Trinajstić information content (AvgIpc) is 3.05. The van der Waals surface area contributed by atoms with Crippen LogP contribution in [0, 0.1) is 11.8 Å². The van der Waals surface area contributed by atoms with Gasteiger partial charge in [-0.1, -0.05) is 31.2 Å². The van der Waals surface area contributed by atoms with E-state index in [-0.39, 0.29) is 11.8 Å². The molecule has 3 rings (SSSR count). The van der Waals surface area contributed by atoms with Gasteiger partial charge in [-0.2, -0.15) is 0 Å². The van der Waals surface area contributed by atoms with E-state index in [0.29, 0.717) is 19.0 Å². The number of rotatable bonds is 7. The second kappa shape index (κ2) is 7.81. The molecule has 1 aromatic carbocycles. The molecule has 1 N–H and O–H groups in total. The molecule has 1 aliphatic heterocycles. The van der Waals surface area contributed by atoms with Gasteiger partial charge >= 0.3 is 0 Å². The first-order valence-electron chi connectivity index (χ1n) is 8.33. The Labute approximate surface area is 147 Å². The number of methoxy groups -OCH3 is 1. The van der Waals surface area contributed by atoms with Crippen molar-refractivity contribution in [2.75, 3.05) is 20.2 Å². The summed E-state index contributed by atoms with van der Waals surface area (Å²) >= 11 is 1.69. The molecule has 128 valence electrons. The number of para-hydroxylation sites is 1. The van der Waals surface area contributed by atoms with Crippen LogP contribution in [0.1, 0.15) is 17.4 Å². The number of thiophene rings is 1. The van der Waals surface area contributed by atoms with E-state index in [2.05, 4.69) is 23.7 Å². The zero-order chi connectivity index (χ0) is 16.9. The molecule has 1 aliphatic rings. The van der Waals surface area contributed by atoms with Crippen molar-refractivity contribution < 1.29 is 9.53 Å². The number of nitrogens with zero attached hydrogens (tertiary/aromatic N) is 1. The summed E-state index contributed by atoms with van der Waals surface area (Å²) in [6, 6.07) is 12.0. The summed E-state index contributed by atoms with van der Waals surface area (Å²) in [5.41, 5.74) is 1.05. The molecule has 1 amide bonds. The van der Waals surface area contributed by atoms with Gasteiger partial charge in [-0.25, -0.2) is 0 Å². The number of hydrogen-bond acceptors (Lipinski definition) is 4. The van der Waals surface area contributed by atoms with E-state index in [1.54, 1.807) is 18.4 Å². The zero-order valence-corrected chi connectivity index (χ0v) is 15.0. The highest BCUT2D eigenvalue weighted by Crippen LogP contribution is 2.25. The molecule has 4 nitrogen and oxygen atoms in total. The van der Waals surface area contributed by atoms with Crippen LogP contribution in [0.4, 0.5) is 0 Å². The van der Waals surface area contributed by atoms with Crippen molar-refractivity contribution in [3.8, 4) is 5.75 Å². The molecule has 1 aromatic heterocycles. The van der Waals surface area contributed by atoms with Gasteiger partial charge < -0.3 is 15.0 Å². The van der Waals surface area contributed by atoms with Gasteiger partial charge in [-0.05, 0) is 36.5 Å². The van der Waals surface area contributed by atoms with Crippen molar-refractivity contribution in [3.05, 3.63) is 52.2 Å². The third kappa shape index (κ3) is 3.79. The van der Waals surface area contributed by atoms with Crippen molar-refractivity contribution in [2.24, 2.45) is 11.8 Å². The highest BCUT2D eigenvalue weighted by Gasteiger charge is 2.32. The maximum absolute atomic E-state index is 13.1. The zero-order valence-electron chi connectivity index (χ0n) is 14.2. The summed E-state index contributed by atoms with van der Waals surface area (Å²) in [5.74, 6) is 1.54. The summed E-state index contributed by atoms with van der Waals surface area (Å²) in [5, 5.41) is 5.32. The Kier molecular flexibility index (Phi) is 5.53. The van der Waals surface area contributed by atoms with Crippen molar-refractivity contribution in [2.45, 2.75) is 20.0 Å². The number of amides is 1. The van der Waals surface area contributed by atoms with E-state index < -0.39 is 0 Å². The molecular weight excluding hydrogens is 320 g/mol. The maximum atomic E-state index is 13.1.